The fourth-order valence-electron chi connectivity index (χ4n) is 1.93. The van der Waals surface area contributed by atoms with E-state index in [2.05, 4.69) is 25.9 Å². The van der Waals surface area contributed by atoms with Crippen LogP contribution >= 0.6 is 15.9 Å². The highest BCUT2D eigenvalue weighted by Gasteiger charge is 2.06. The van der Waals surface area contributed by atoms with Crippen LogP contribution in [-0.2, 0) is 0 Å². The van der Waals surface area contributed by atoms with Gasteiger partial charge in [-0.2, -0.15) is 0 Å². The van der Waals surface area contributed by atoms with Gasteiger partial charge < -0.3 is 4.74 Å². The van der Waals surface area contributed by atoms with E-state index in [4.69, 9.17) is 4.74 Å². The normalized spacial score (nSPS) is 10.6. The molecule has 4 heteroatoms. The van der Waals surface area contributed by atoms with Crippen LogP contribution in [0.1, 0.15) is 5.69 Å². The van der Waals surface area contributed by atoms with Crippen molar-refractivity contribution < 1.29 is 4.74 Å². The maximum Gasteiger partial charge on any atom is 0.146 e. The molecule has 0 aliphatic carbocycles. The van der Waals surface area contributed by atoms with E-state index in [0.717, 1.165) is 26.8 Å². The summed E-state index contributed by atoms with van der Waals surface area (Å²) in [5.41, 5.74) is 1.86. The molecule has 0 saturated carbocycles. The molecule has 2 heterocycles. The molecule has 19 heavy (non-hydrogen) atoms. The SMILES string of the molecule is Cc1cc(Oc2cncc(Br)c2)c2ccccc2n1. The van der Waals surface area contributed by atoms with Gasteiger partial charge in [-0.1, -0.05) is 12.1 Å². The lowest BCUT2D eigenvalue weighted by atomic mass is 10.2. The van der Waals surface area contributed by atoms with Crippen molar-refractivity contribution in [1.29, 1.82) is 0 Å². The van der Waals surface area contributed by atoms with Gasteiger partial charge in [0, 0.05) is 27.8 Å². The number of aromatic nitrogens is 2. The first-order valence-corrected chi connectivity index (χ1v) is 6.66. The van der Waals surface area contributed by atoms with Crippen LogP contribution in [0.15, 0.2) is 53.3 Å². The zero-order valence-electron chi connectivity index (χ0n) is 10.3. The van der Waals surface area contributed by atoms with Crippen LogP contribution in [0.4, 0.5) is 0 Å². The van der Waals surface area contributed by atoms with Crippen molar-refractivity contribution in [2.75, 3.05) is 0 Å². The Labute approximate surface area is 119 Å². The molecular formula is C15H11BrN2O. The van der Waals surface area contributed by atoms with Crippen molar-refractivity contribution >= 4 is 26.8 Å². The summed E-state index contributed by atoms with van der Waals surface area (Å²) in [7, 11) is 0. The predicted molar refractivity (Wildman–Crippen MR) is 78.5 cm³/mol. The second-order valence-corrected chi connectivity index (χ2v) is 5.14. The van der Waals surface area contributed by atoms with E-state index in [9.17, 15) is 0 Å². The first kappa shape index (κ1) is 12.1. The molecule has 3 aromatic rings. The maximum atomic E-state index is 5.92. The minimum Gasteiger partial charge on any atom is -0.455 e. The number of halogens is 1. The number of hydrogen-bond donors (Lipinski definition) is 0. The monoisotopic (exact) mass is 314 g/mol. The van der Waals surface area contributed by atoms with Crippen LogP contribution in [0.2, 0.25) is 0 Å². The number of ether oxygens (including phenoxy) is 1. The summed E-state index contributed by atoms with van der Waals surface area (Å²) in [6.07, 6.45) is 3.41. The molecular weight excluding hydrogens is 304 g/mol. The Morgan fingerprint density at radius 2 is 1.95 bits per heavy atom. The second-order valence-electron chi connectivity index (χ2n) is 4.22. The molecule has 1 aromatic carbocycles. The molecule has 0 N–H and O–H groups in total. The molecule has 3 rings (SSSR count). The van der Waals surface area contributed by atoms with E-state index >= 15 is 0 Å². The lowest BCUT2D eigenvalue weighted by Crippen LogP contribution is -1.91. The van der Waals surface area contributed by atoms with Crippen LogP contribution < -0.4 is 4.74 Å². The first-order chi connectivity index (χ1) is 9.22. The van der Waals surface area contributed by atoms with E-state index < -0.39 is 0 Å². The van der Waals surface area contributed by atoms with Gasteiger partial charge >= 0.3 is 0 Å². The second kappa shape index (κ2) is 4.97. The molecule has 0 radical (unpaired) electrons. The fraction of sp³-hybridized carbons (Fsp3) is 0.0667. The van der Waals surface area contributed by atoms with Gasteiger partial charge in [-0.25, -0.2) is 0 Å². The van der Waals surface area contributed by atoms with Gasteiger partial charge in [-0.05, 0) is 41.1 Å². The highest BCUT2D eigenvalue weighted by molar-refractivity contribution is 9.10. The molecule has 0 bridgehead atoms. The predicted octanol–water partition coefficient (Wildman–Crippen LogP) is 4.49. The molecule has 0 aliphatic heterocycles. The largest absolute Gasteiger partial charge is 0.455 e. The van der Waals surface area contributed by atoms with Crippen molar-refractivity contribution in [3.8, 4) is 11.5 Å². The molecule has 0 spiro atoms. The Balaban J connectivity index is 2.09. The van der Waals surface area contributed by atoms with Gasteiger partial charge in [-0.3, -0.25) is 9.97 Å². The van der Waals surface area contributed by atoms with Crippen molar-refractivity contribution in [2.24, 2.45) is 0 Å². The number of benzene rings is 1. The Morgan fingerprint density at radius 3 is 2.79 bits per heavy atom. The number of rotatable bonds is 2. The summed E-state index contributed by atoms with van der Waals surface area (Å²) < 4.78 is 6.81. The fourth-order valence-corrected chi connectivity index (χ4v) is 2.27. The molecule has 3 nitrogen and oxygen atoms in total. The van der Waals surface area contributed by atoms with Crippen molar-refractivity contribution in [3.63, 3.8) is 0 Å². The van der Waals surface area contributed by atoms with Crippen molar-refractivity contribution in [2.45, 2.75) is 6.92 Å². The third-order valence-electron chi connectivity index (χ3n) is 2.71. The van der Waals surface area contributed by atoms with E-state index in [1.165, 1.54) is 0 Å². The summed E-state index contributed by atoms with van der Waals surface area (Å²) in [4.78, 5) is 8.59. The molecule has 0 unspecified atom stereocenters. The Bertz CT molecular complexity index is 743. The third-order valence-corrected chi connectivity index (χ3v) is 3.15. The number of hydrogen-bond acceptors (Lipinski definition) is 3. The summed E-state index contributed by atoms with van der Waals surface area (Å²) in [5.74, 6) is 1.49. The van der Waals surface area contributed by atoms with Gasteiger partial charge in [0.25, 0.3) is 0 Å². The van der Waals surface area contributed by atoms with Gasteiger partial charge in [0.1, 0.15) is 11.5 Å². The van der Waals surface area contributed by atoms with E-state index in [1.807, 2.05) is 43.3 Å². The molecule has 0 atom stereocenters. The molecule has 0 saturated heterocycles. The van der Waals surface area contributed by atoms with Crippen LogP contribution in [-0.4, -0.2) is 9.97 Å². The number of para-hydroxylation sites is 1. The topological polar surface area (TPSA) is 35.0 Å². The smallest absolute Gasteiger partial charge is 0.146 e. The minimum atomic E-state index is 0.699. The average Bonchev–Trinajstić information content (AvgIpc) is 2.38. The van der Waals surface area contributed by atoms with E-state index in [-0.39, 0.29) is 0 Å². The zero-order valence-corrected chi connectivity index (χ0v) is 11.9. The molecule has 0 fully saturated rings. The van der Waals surface area contributed by atoms with Gasteiger partial charge in [-0.15, -0.1) is 0 Å². The number of aryl methyl sites for hydroxylation is 1. The minimum absolute atomic E-state index is 0.699. The summed E-state index contributed by atoms with van der Waals surface area (Å²) in [6, 6.07) is 11.8. The van der Waals surface area contributed by atoms with Gasteiger partial charge in [0.2, 0.25) is 0 Å². The third kappa shape index (κ3) is 2.58. The Morgan fingerprint density at radius 1 is 1.11 bits per heavy atom. The molecule has 0 amide bonds. The van der Waals surface area contributed by atoms with Crippen LogP contribution in [0.5, 0.6) is 11.5 Å². The van der Waals surface area contributed by atoms with Crippen LogP contribution in [0, 0.1) is 6.92 Å². The van der Waals surface area contributed by atoms with Crippen molar-refractivity contribution in [1.82, 2.24) is 9.97 Å². The first-order valence-electron chi connectivity index (χ1n) is 5.87. The molecule has 94 valence electrons. The van der Waals surface area contributed by atoms with Crippen molar-refractivity contribution in [3.05, 3.63) is 59.0 Å². The highest BCUT2D eigenvalue weighted by Crippen LogP contribution is 2.30. The number of pyridine rings is 2. The molecule has 2 aromatic heterocycles. The average molecular weight is 315 g/mol. The Kier molecular flexibility index (Phi) is 3.17. The van der Waals surface area contributed by atoms with E-state index in [0.29, 0.717) is 5.75 Å². The summed E-state index contributed by atoms with van der Waals surface area (Å²) in [5, 5.41) is 0.994. The summed E-state index contributed by atoms with van der Waals surface area (Å²) >= 11 is 3.38. The van der Waals surface area contributed by atoms with Crippen LogP contribution in [0.3, 0.4) is 0 Å². The maximum absolute atomic E-state index is 5.92. The van der Waals surface area contributed by atoms with Gasteiger partial charge in [0.05, 0.1) is 11.7 Å². The highest BCUT2D eigenvalue weighted by atomic mass is 79.9. The molecule has 0 aliphatic rings. The standard InChI is InChI=1S/C15H11BrN2O/c1-10-6-15(13-4-2-3-5-14(13)18-10)19-12-7-11(16)8-17-9-12/h2-9H,1H3. The van der Waals surface area contributed by atoms with E-state index in [1.54, 1.807) is 12.4 Å². The van der Waals surface area contributed by atoms with Crippen LogP contribution in [0.25, 0.3) is 10.9 Å². The number of nitrogens with zero attached hydrogens (tertiary/aromatic N) is 2. The lowest BCUT2D eigenvalue weighted by Gasteiger charge is -2.09. The quantitative estimate of drug-likeness (QED) is 0.699. The Hall–Kier alpha value is -1.94. The zero-order chi connectivity index (χ0) is 13.2. The lowest BCUT2D eigenvalue weighted by molar-refractivity contribution is 0.484. The summed E-state index contributed by atoms with van der Waals surface area (Å²) in [6.45, 7) is 1.96. The number of fused-ring (bicyclic) bond motifs is 1. The van der Waals surface area contributed by atoms with Gasteiger partial charge in [0.15, 0.2) is 0 Å².